The van der Waals surface area contributed by atoms with Gasteiger partial charge in [0.15, 0.2) is 5.82 Å². The number of nitrogens with one attached hydrogen (secondary N) is 1. The molecule has 25 heavy (non-hydrogen) atoms. The van der Waals surface area contributed by atoms with Gasteiger partial charge in [-0.15, -0.1) is 0 Å². The van der Waals surface area contributed by atoms with Crippen LogP contribution in [-0.2, 0) is 4.74 Å². The topological polar surface area (TPSA) is 72.3 Å². The van der Waals surface area contributed by atoms with Gasteiger partial charge in [0.05, 0.1) is 29.6 Å². The summed E-state index contributed by atoms with van der Waals surface area (Å²) in [6.07, 6.45) is 3.30. The number of methoxy groups -OCH3 is 1. The Morgan fingerprint density at radius 1 is 1.36 bits per heavy atom. The first-order valence-corrected chi connectivity index (χ1v) is 8.55. The highest BCUT2D eigenvalue weighted by molar-refractivity contribution is 5.95. The van der Waals surface area contributed by atoms with Crippen molar-refractivity contribution in [3.05, 3.63) is 41.9 Å². The third-order valence-corrected chi connectivity index (χ3v) is 4.76. The van der Waals surface area contributed by atoms with Gasteiger partial charge in [-0.3, -0.25) is 9.69 Å². The lowest BCUT2D eigenvalue weighted by Crippen LogP contribution is -2.43. The quantitative estimate of drug-likeness (QED) is 0.889. The average Bonchev–Trinajstić information content (AvgIpc) is 3.19. The van der Waals surface area contributed by atoms with E-state index in [9.17, 15) is 4.79 Å². The monoisotopic (exact) mass is 343 g/mol. The molecule has 7 heteroatoms. The maximum Gasteiger partial charge on any atom is 0.255 e. The van der Waals surface area contributed by atoms with Gasteiger partial charge in [0.25, 0.3) is 5.91 Å². The van der Waals surface area contributed by atoms with E-state index in [1.165, 1.54) is 0 Å². The molecule has 1 saturated heterocycles. The van der Waals surface area contributed by atoms with Gasteiger partial charge in [-0.05, 0) is 32.9 Å². The molecule has 1 amide bonds. The fraction of sp³-hybridized carbons (Fsp3) is 0.500. The Morgan fingerprint density at radius 3 is 2.80 bits per heavy atom. The van der Waals surface area contributed by atoms with Gasteiger partial charge >= 0.3 is 0 Å². The molecule has 0 aliphatic carbocycles. The second kappa shape index (κ2) is 7.33. The van der Waals surface area contributed by atoms with Crippen molar-refractivity contribution in [2.45, 2.75) is 39.0 Å². The molecule has 0 saturated carbocycles. The molecule has 3 rings (SSSR count). The van der Waals surface area contributed by atoms with Crippen LogP contribution in [0.2, 0.25) is 0 Å². The highest BCUT2D eigenvalue weighted by Crippen LogP contribution is 2.18. The Bertz CT molecular complexity index is 728. The van der Waals surface area contributed by atoms with Crippen LogP contribution in [0.3, 0.4) is 0 Å². The third kappa shape index (κ3) is 3.57. The van der Waals surface area contributed by atoms with Crippen molar-refractivity contribution in [3.63, 3.8) is 0 Å². The lowest BCUT2D eigenvalue weighted by Gasteiger charge is -2.20. The molecule has 0 unspecified atom stereocenters. The standard InChI is InChI=1S/C18H25N5O2/c1-12(2)22-10-15(16(11-22)25-4)21-18(24)14-9-20-23(13(14)3)17-7-5-6-8-19-17/h5-9,12,15-16H,10-11H2,1-4H3,(H,21,24)/t15-,16-/m0/s1. The smallest absolute Gasteiger partial charge is 0.255 e. The van der Waals surface area contributed by atoms with Gasteiger partial charge in [0.2, 0.25) is 0 Å². The summed E-state index contributed by atoms with van der Waals surface area (Å²) in [6, 6.07) is 6.00. The summed E-state index contributed by atoms with van der Waals surface area (Å²) in [7, 11) is 1.69. The van der Waals surface area contributed by atoms with Gasteiger partial charge in [0, 0.05) is 32.4 Å². The number of likely N-dealkylation sites (tertiary alicyclic amines) is 1. The van der Waals surface area contributed by atoms with E-state index in [0.717, 1.165) is 18.8 Å². The molecule has 2 aromatic heterocycles. The molecule has 2 atom stereocenters. The van der Waals surface area contributed by atoms with E-state index in [-0.39, 0.29) is 18.1 Å². The minimum absolute atomic E-state index is 0.00232. The Labute approximate surface area is 148 Å². The zero-order valence-electron chi connectivity index (χ0n) is 15.1. The Morgan fingerprint density at radius 2 is 2.16 bits per heavy atom. The van der Waals surface area contributed by atoms with E-state index >= 15 is 0 Å². The fourth-order valence-corrected chi connectivity index (χ4v) is 3.19. The Kier molecular flexibility index (Phi) is 5.15. The average molecular weight is 343 g/mol. The fourth-order valence-electron chi connectivity index (χ4n) is 3.19. The SMILES string of the molecule is CO[C@H]1CN(C(C)C)C[C@@H]1NC(=O)c1cnn(-c2ccccn2)c1C. The van der Waals surface area contributed by atoms with E-state index in [0.29, 0.717) is 17.4 Å². The van der Waals surface area contributed by atoms with Crippen molar-refractivity contribution in [1.82, 2.24) is 25.0 Å². The molecule has 1 aliphatic heterocycles. The molecular weight excluding hydrogens is 318 g/mol. The van der Waals surface area contributed by atoms with Gasteiger partial charge < -0.3 is 10.1 Å². The van der Waals surface area contributed by atoms with E-state index in [2.05, 4.69) is 34.1 Å². The van der Waals surface area contributed by atoms with Gasteiger partial charge in [0.1, 0.15) is 0 Å². The summed E-state index contributed by atoms with van der Waals surface area (Å²) in [5.74, 6) is 0.568. The molecule has 7 nitrogen and oxygen atoms in total. The van der Waals surface area contributed by atoms with Crippen molar-refractivity contribution in [3.8, 4) is 5.82 Å². The first-order valence-electron chi connectivity index (χ1n) is 8.55. The van der Waals surface area contributed by atoms with Gasteiger partial charge in [-0.2, -0.15) is 5.10 Å². The first kappa shape index (κ1) is 17.6. The zero-order chi connectivity index (χ0) is 18.0. The molecule has 0 spiro atoms. The largest absolute Gasteiger partial charge is 0.378 e. The molecule has 1 fully saturated rings. The molecule has 134 valence electrons. The van der Waals surface area contributed by atoms with Crippen LogP contribution < -0.4 is 5.32 Å². The summed E-state index contributed by atoms with van der Waals surface area (Å²) < 4.78 is 7.24. The van der Waals surface area contributed by atoms with E-state index < -0.39 is 0 Å². The number of hydrogen-bond acceptors (Lipinski definition) is 5. The van der Waals surface area contributed by atoms with Crippen molar-refractivity contribution in [2.75, 3.05) is 20.2 Å². The lowest BCUT2D eigenvalue weighted by atomic mass is 10.2. The molecule has 0 bridgehead atoms. The number of carbonyl (C=O) groups excluding carboxylic acids is 1. The maximum absolute atomic E-state index is 12.7. The minimum atomic E-state index is -0.127. The predicted octanol–water partition coefficient (Wildman–Crippen LogP) is 1.41. The summed E-state index contributed by atoms with van der Waals surface area (Å²) in [4.78, 5) is 19.3. The van der Waals surface area contributed by atoms with E-state index in [1.54, 1.807) is 24.2 Å². The van der Waals surface area contributed by atoms with Crippen molar-refractivity contribution in [1.29, 1.82) is 0 Å². The van der Waals surface area contributed by atoms with Crippen molar-refractivity contribution in [2.24, 2.45) is 0 Å². The van der Waals surface area contributed by atoms with Crippen LogP contribution in [0.25, 0.3) is 5.82 Å². The van der Waals surface area contributed by atoms with Crippen LogP contribution in [-0.4, -0.2) is 64.0 Å². The number of nitrogens with zero attached hydrogens (tertiary/aromatic N) is 4. The predicted molar refractivity (Wildman–Crippen MR) is 94.9 cm³/mol. The number of carbonyl (C=O) groups is 1. The number of pyridine rings is 1. The van der Waals surface area contributed by atoms with Crippen LogP contribution in [0.5, 0.6) is 0 Å². The molecular formula is C18H25N5O2. The number of rotatable bonds is 5. The van der Waals surface area contributed by atoms with E-state index in [1.807, 2.05) is 25.1 Å². The first-order chi connectivity index (χ1) is 12.0. The van der Waals surface area contributed by atoms with Crippen LogP contribution in [0.4, 0.5) is 0 Å². The molecule has 1 N–H and O–H groups in total. The third-order valence-electron chi connectivity index (χ3n) is 4.76. The highest BCUT2D eigenvalue weighted by Gasteiger charge is 2.35. The molecule has 0 aromatic carbocycles. The molecule has 2 aromatic rings. The summed E-state index contributed by atoms with van der Waals surface area (Å²) in [5.41, 5.74) is 1.33. The summed E-state index contributed by atoms with van der Waals surface area (Å²) in [5, 5.41) is 7.42. The second-order valence-corrected chi connectivity index (χ2v) is 6.65. The maximum atomic E-state index is 12.7. The van der Waals surface area contributed by atoms with E-state index in [4.69, 9.17) is 4.74 Å². The van der Waals surface area contributed by atoms with Gasteiger partial charge in [-0.25, -0.2) is 9.67 Å². The van der Waals surface area contributed by atoms with Crippen LogP contribution in [0, 0.1) is 6.92 Å². The number of ether oxygens (including phenoxy) is 1. The minimum Gasteiger partial charge on any atom is -0.378 e. The summed E-state index contributed by atoms with van der Waals surface area (Å²) in [6.45, 7) is 7.79. The van der Waals surface area contributed by atoms with Crippen LogP contribution in [0.15, 0.2) is 30.6 Å². The Balaban J connectivity index is 1.75. The number of hydrogen-bond donors (Lipinski definition) is 1. The summed E-state index contributed by atoms with van der Waals surface area (Å²) >= 11 is 0. The van der Waals surface area contributed by atoms with Gasteiger partial charge in [-0.1, -0.05) is 6.07 Å². The van der Waals surface area contributed by atoms with Crippen LogP contribution in [0.1, 0.15) is 29.9 Å². The Hall–Kier alpha value is -2.25. The van der Waals surface area contributed by atoms with Crippen molar-refractivity contribution < 1.29 is 9.53 Å². The lowest BCUT2D eigenvalue weighted by molar-refractivity contribution is 0.0753. The highest BCUT2D eigenvalue weighted by atomic mass is 16.5. The molecule has 3 heterocycles. The van der Waals surface area contributed by atoms with Crippen LogP contribution >= 0.6 is 0 Å². The molecule has 1 aliphatic rings. The zero-order valence-corrected chi connectivity index (χ0v) is 15.1. The number of amides is 1. The second-order valence-electron chi connectivity index (χ2n) is 6.65. The normalized spacial score (nSPS) is 21.0. The number of aromatic nitrogens is 3. The van der Waals surface area contributed by atoms with Crippen molar-refractivity contribution >= 4 is 5.91 Å². The molecule has 0 radical (unpaired) electrons.